The summed E-state index contributed by atoms with van der Waals surface area (Å²) in [6.45, 7) is 5.31. The van der Waals surface area contributed by atoms with Gasteiger partial charge in [0.1, 0.15) is 5.82 Å². The van der Waals surface area contributed by atoms with Crippen molar-refractivity contribution >= 4 is 27.1 Å². The molecule has 2 heterocycles. The Bertz CT molecular complexity index is 898. The minimum atomic E-state index is -3.67. The summed E-state index contributed by atoms with van der Waals surface area (Å²) in [6, 6.07) is 4.05. The number of fused-ring (bicyclic) bond motifs is 1. The molecule has 1 amide bonds. The van der Waals surface area contributed by atoms with Gasteiger partial charge in [0.05, 0.1) is 11.0 Å². The van der Waals surface area contributed by atoms with Crippen LogP contribution in [0.3, 0.4) is 0 Å². The van der Waals surface area contributed by atoms with Crippen molar-refractivity contribution in [3.05, 3.63) is 29.1 Å². The third-order valence-corrected chi connectivity index (χ3v) is 5.84. The molecule has 1 aromatic heterocycles. The highest BCUT2D eigenvalue weighted by Gasteiger charge is 2.26. The normalized spacial score (nSPS) is 16.5. The second-order valence-electron chi connectivity index (χ2n) is 6.41. The highest BCUT2D eigenvalue weighted by molar-refractivity contribution is 7.86. The number of nitrogens with two attached hydrogens (primary N) is 1. The first kappa shape index (κ1) is 17.8. The molecule has 25 heavy (non-hydrogen) atoms. The quantitative estimate of drug-likeness (QED) is 0.819. The molecule has 0 radical (unpaired) electrons. The fourth-order valence-electron chi connectivity index (χ4n) is 3.06. The number of carbonyl (C=O) groups excluding carboxylic acids is 1. The number of piperazine rings is 1. The number of aromatic amines is 1. The Labute approximate surface area is 147 Å². The topological polar surface area (TPSA) is 112 Å². The highest BCUT2D eigenvalue weighted by atomic mass is 32.2. The molecule has 136 valence electrons. The number of nitrogens with zero attached hydrogens (tertiary/aromatic N) is 3. The Balaban J connectivity index is 1.59. The Hall–Kier alpha value is -1.97. The Morgan fingerprint density at radius 2 is 1.92 bits per heavy atom. The van der Waals surface area contributed by atoms with Crippen molar-refractivity contribution in [1.29, 1.82) is 0 Å². The van der Waals surface area contributed by atoms with Gasteiger partial charge < -0.3 is 9.88 Å². The van der Waals surface area contributed by atoms with Gasteiger partial charge in [-0.05, 0) is 31.0 Å². The first-order valence-corrected chi connectivity index (χ1v) is 9.76. The van der Waals surface area contributed by atoms with Crippen LogP contribution in [0.2, 0.25) is 0 Å². The number of carbonyl (C=O) groups is 1. The average Bonchev–Trinajstić information content (AvgIpc) is 2.99. The van der Waals surface area contributed by atoms with E-state index in [2.05, 4.69) is 16.0 Å². The van der Waals surface area contributed by atoms with Crippen LogP contribution < -0.4 is 5.14 Å². The lowest BCUT2D eigenvalue weighted by atomic mass is 10.1. The zero-order valence-electron chi connectivity index (χ0n) is 14.4. The van der Waals surface area contributed by atoms with Crippen molar-refractivity contribution in [1.82, 2.24) is 19.2 Å². The predicted molar refractivity (Wildman–Crippen MR) is 95.1 cm³/mol. The minimum absolute atomic E-state index is 0.00225. The molecule has 0 unspecified atom stereocenters. The van der Waals surface area contributed by atoms with Gasteiger partial charge in [-0.25, -0.2) is 10.1 Å². The summed E-state index contributed by atoms with van der Waals surface area (Å²) in [5, 5.41) is 5.11. The maximum Gasteiger partial charge on any atom is 0.277 e. The van der Waals surface area contributed by atoms with Gasteiger partial charge in [-0.2, -0.15) is 12.7 Å². The molecule has 0 spiro atoms. The Morgan fingerprint density at radius 3 is 2.56 bits per heavy atom. The third-order valence-electron chi connectivity index (χ3n) is 4.75. The molecule has 2 aromatic rings. The van der Waals surface area contributed by atoms with Crippen molar-refractivity contribution in [2.75, 3.05) is 26.2 Å². The third kappa shape index (κ3) is 3.83. The van der Waals surface area contributed by atoms with Crippen LogP contribution in [-0.4, -0.2) is 59.7 Å². The van der Waals surface area contributed by atoms with Crippen molar-refractivity contribution < 1.29 is 13.2 Å². The van der Waals surface area contributed by atoms with Crippen LogP contribution in [-0.2, 0) is 21.4 Å². The first-order valence-electron chi connectivity index (χ1n) is 8.26. The smallest absolute Gasteiger partial charge is 0.277 e. The van der Waals surface area contributed by atoms with Crippen molar-refractivity contribution in [3.63, 3.8) is 0 Å². The van der Waals surface area contributed by atoms with Crippen LogP contribution in [0, 0.1) is 13.8 Å². The van der Waals surface area contributed by atoms with Crippen molar-refractivity contribution in [2.45, 2.75) is 26.7 Å². The molecule has 0 saturated carbocycles. The maximum atomic E-state index is 12.3. The van der Waals surface area contributed by atoms with E-state index in [0.717, 1.165) is 22.4 Å². The fraction of sp³-hybridized carbons (Fsp3) is 0.500. The van der Waals surface area contributed by atoms with Crippen LogP contribution in [0.1, 0.15) is 23.4 Å². The highest BCUT2D eigenvalue weighted by Crippen LogP contribution is 2.20. The predicted octanol–water partition coefficient (Wildman–Crippen LogP) is 0.460. The van der Waals surface area contributed by atoms with E-state index in [0.29, 0.717) is 25.9 Å². The second kappa shape index (κ2) is 6.74. The number of benzene rings is 1. The minimum Gasteiger partial charge on any atom is -0.342 e. The van der Waals surface area contributed by atoms with E-state index in [-0.39, 0.29) is 19.0 Å². The van der Waals surface area contributed by atoms with E-state index in [4.69, 9.17) is 5.14 Å². The van der Waals surface area contributed by atoms with E-state index < -0.39 is 10.2 Å². The van der Waals surface area contributed by atoms with Crippen LogP contribution in [0.25, 0.3) is 11.0 Å². The number of hydrogen-bond acceptors (Lipinski definition) is 4. The number of aryl methyl sites for hydroxylation is 3. The zero-order chi connectivity index (χ0) is 18.2. The molecule has 1 aliphatic heterocycles. The van der Waals surface area contributed by atoms with Gasteiger partial charge in [-0.1, -0.05) is 6.07 Å². The number of amides is 1. The van der Waals surface area contributed by atoms with Gasteiger partial charge >= 0.3 is 0 Å². The lowest BCUT2D eigenvalue weighted by Crippen LogP contribution is -2.52. The molecule has 0 bridgehead atoms. The molecule has 1 fully saturated rings. The fourth-order valence-corrected chi connectivity index (χ4v) is 3.73. The number of hydrogen-bond donors (Lipinski definition) is 2. The van der Waals surface area contributed by atoms with Crippen molar-refractivity contribution in [2.24, 2.45) is 5.14 Å². The molecular formula is C16H23N5O3S. The average molecular weight is 365 g/mol. The summed E-state index contributed by atoms with van der Waals surface area (Å²) < 4.78 is 23.8. The summed E-state index contributed by atoms with van der Waals surface area (Å²) >= 11 is 0. The van der Waals surface area contributed by atoms with Crippen molar-refractivity contribution in [3.8, 4) is 0 Å². The van der Waals surface area contributed by atoms with E-state index in [1.54, 1.807) is 4.90 Å². The molecule has 8 nitrogen and oxygen atoms in total. The van der Waals surface area contributed by atoms with Crippen LogP contribution >= 0.6 is 0 Å². The monoisotopic (exact) mass is 365 g/mol. The van der Waals surface area contributed by atoms with Crippen LogP contribution in [0.5, 0.6) is 0 Å². The number of rotatable bonds is 4. The molecule has 3 N–H and O–H groups in total. The summed E-state index contributed by atoms with van der Waals surface area (Å²) in [7, 11) is -3.67. The molecule has 0 aliphatic carbocycles. The molecule has 1 saturated heterocycles. The largest absolute Gasteiger partial charge is 0.342 e. The van der Waals surface area contributed by atoms with Crippen LogP contribution in [0.4, 0.5) is 0 Å². The molecule has 1 aromatic carbocycles. The van der Waals surface area contributed by atoms with E-state index in [1.165, 1.54) is 9.87 Å². The van der Waals surface area contributed by atoms with Gasteiger partial charge in [0.2, 0.25) is 5.91 Å². The molecule has 0 atom stereocenters. The lowest BCUT2D eigenvalue weighted by Gasteiger charge is -2.32. The van der Waals surface area contributed by atoms with Gasteiger partial charge in [0, 0.05) is 39.0 Å². The number of aromatic nitrogens is 2. The zero-order valence-corrected chi connectivity index (χ0v) is 15.3. The SMILES string of the molecule is Cc1ccc2[nH]c(CCC(=O)N3CCN(S(N)(=O)=O)CC3)nc2c1C. The molecular weight excluding hydrogens is 342 g/mol. The Kier molecular flexibility index (Phi) is 4.81. The summed E-state index contributed by atoms with van der Waals surface area (Å²) in [5.41, 5.74) is 4.26. The van der Waals surface area contributed by atoms with Crippen LogP contribution in [0.15, 0.2) is 12.1 Å². The number of H-pyrrole nitrogens is 1. The van der Waals surface area contributed by atoms with Gasteiger partial charge in [-0.3, -0.25) is 4.79 Å². The Morgan fingerprint density at radius 1 is 1.24 bits per heavy atom. The summed E-state index contributed by atoms with van der Waals surface area (Å²) in [6.07, 6.45) is 0.870. The van der Waals surface area contributed by atoms with E-state index >= 15 is 0 Å². The summed E-state index contributed by atoms with van der Waals surface area (Å²) in [5.74, 6) is 0.794. The first-order chi connectivity index (χ1) is 11.8. The number of nitrogens with one attached hydrogen (secondary N) is 1. The van der Waals surface area contributed by atoms with Gasteiger partial charge in [0.25, 0.3) is 10.2 Å². The standard InChI is InChI=1S/C16H23N5O3S/c1-11-3-4-13-16(12(11)2)19-14(18-13)5-6-15(22)20-7-9-21(10-8-20)25(17,23)24/h3-4H,5-10H2,1-2H3,(H,18,19)(H2,17,23,24). The number of imidazole rings is 1. The second-order valence-corrected chi connectivity index (χ2v) is 7.96. The van der Waals surface area contributed by atoms with E-state index in [9.17, 15) is 13.2 Å². The van der Waals surface area contributed by atoms with E-state index in [1.807, 2.05) is 19.9 Å². The summed E-state index contributed by atoms with van der Waals surface area (Å²) in [4.78, 5) is 21.9. The molecule has 3 rings (SSSR count). The lowest BCUT2D eigenvalue weighted by molar-refractivity contribution is -0.132. The maximum absolute atomic E-state index is 12.3. The molecule has 1 aliphatic rings. The molecule has 9 heteroatoms. The van der Waals surface area contributed by atoms with Gasteiger partial charge in [-0.15, -0.1) is 0 Å². The van der Waals surface area contributed by atoms with Gasteiger partial charge in [0.15, 0.2) is 0 Å².